The molecule has 5 N–H and O–H groups in total. The molecule has 0 atom stereocenters. The Balaban J connectivity index is 2.56. The normalized spacial score (nSPS) is 10.4. The zero-order chi connectivity index (χ0) is 13.7. The highest BCUT2D eigenvalue weighted by atomic mass is 16.2. The Kier molecular flexibility index (Phi) is 4.67. The predicted molar refractivity (Wildman–Crippen MR) is 70.9 cm³/mol. The minimum Gasteiger partial charge on any atom is -0.399 e. The maximum Gasteiger partial charge on any atom is 0.238 e. The molecule has 0 aliphatic heterocycles. The number of nitrogens with one attached hydrogen (secondary N) is 1. The van der Waals surface area contributed by atoms with E-state index in [1.54, 1.807) is 30.1 Å². The van der Waals surface area contributed by atoms with E-state index in [-0.39, 0.29) is 19.0 Å². The van der Waals surface area contributed by atoms with Crippen molar-refractivity contribution in [1.82, 2.24) is 4.90 Å². The van der Waals surface area contributed by atoms with Crippen molar-refractivity contribution in [1.29, 1.82) is 0 Å². The lowest BCUT2D eigenvalue weighted by Crippen LogP contribution is -2.36. The molecule has 6 heteroatoms. The SMILES string of the molecule is Cc1cc(N)ccc1NC(=O)CN(C)CC(N)=O. The van der Waals surface area contributed by atoms with Gasteiger partial charge in [0.2, 0.25) is 11.8 Å². The molecule has 0 saturated heterocycles. The highest BCUT2D eigenvalue weighted by molar-refractivity contribution is 5.93. The molecule has 0 fully saturated rings. The molecule has 1 aromatic rings. The molecule has 2 amide bonds. The first-order valence-corrected chi connectivity index (χ1v) is 5.51. The van der Waals surface area contributed by atoms with Gasteiger partial charge >= 0.3 is 0 Å². The first kappa shape index (κ1) is 14.0. The topological polar surface area (TPSA) is 101 Å². The summed E-state index contributed by atoms with van der Waals surface area (Å²) in [4.78, 5) is 23.9. The number of benzene rings is 1. The van der Waals surface area contributed by atoms with Gasteiger partial charge in [-0.25, -0.2) is 0 Å². The van der Waals surface area contributed by atoms with Crippen LogP contribution in [0, 0.1) is 6.92 Å². The average Bonchev–Trinajstić information content (AvgIpc) is 2.20. The zero-order valence-corrected chi connectivity index (χ0v) is 10.6. The summed E-state index contributed by atoms with van der Waals surface area (Å²) >= 11 is 0. The van der Waals surface area contributed by atoms with Gasteiger partial charge in [0.25, 0.3) is 0 Å². The molecule has 0 unspecified atom stereocenters. The van der Waals surface area contributed by atoms with Gasteiger partial charge in [-0.05, 0) is 37.7 Å². The third-order valence-electron chi connectivity index (χ3n) is 2.36. The van der Waals surface area contributed by atoms with Gasteiger partial charge in [-0.15, -0.1) is 0 Å². The van der Waals surface area contributed by atoms with Crippen LogP contribution in [-0.4, -0.2) is 36.9 Å². The van der Waals surface area contributed by atoms with Gasteiger partial charge < -0.3 is 16.8 Å². The van der Waals surface area contributed by atoms with Gasteiger partial charge in [-0.2, -0.15) is 0 Å². The number of carbonyl (C=O) groups is 2. The van der Waals surface area contributed by atoms with E-state index in [2.05, 4.69) is 5.32 Å². The van der Waals surface area contributed by atoms with Gasteiger partial charge in [-0.1, -0.05) is 0 Å². The number of nitrogens with zero attached hydrogens (tertiary/aromatic N) is 1. The van der Waals surface area contributed by atoms with Crippen LogP contribution in [0.4, 0.5) is 11.4 Å². The Bertz CT molecular complexity index is 459. The van der Waals surface area contributed by atoms with Crippen LogP contribution in [-0.2, 0) is 9.59 Å². The lowest BCUT2D eigenvalue weighted by molar-refractivity contribution is -0.120. The van der Waals surface area contributed by atoms with Crippen LogP contribution in [0.15, 0.2) is 18.2 Å². The molecular weight excluding hydrogens is 232 g/mol. The molecule has 0 saturated carbocycles. The lowest BCUT2D eigenvalue weighted by Gasteiger charge is -2.15. The van der Waals surface area contributed by atoms with E-state index >= 15 is 0 Å². The summed E-state index contributed by atoms with van der Waals surface area (Å²) in [7, 11) is 1.65. The second kappa shape index (κ2) is 6.02. The molecule has 0 bridgehead atoms. The van der Waals surface area contributed by atoms with Gasteiger partial charge in [0.1, 0.15) is 0 Å². The third kappa shape index (κ3) is 4.42. The van der Waals surface area contributed by atoms with Gasteiger partial charge in [0.05, 0.1) is 13.1 Å². The fourth-order valence-electron chi connectivity index (χ4n) is 1.58. The van der Waals surface area contributed by atoms with Crippen molar-refractivity contribution in [2.24, 2.45) is 5.73 Å². The molecule has 0 radical (unpaired) electrons. The van der Waals surface area contributed by atoms with Gasteiger partial charge in [0.15, 0.2) is 0 Å². The smallest absolute Gasteiger partial charge is 0.238 e. The van der Waals surface area contributed by atoms with Crippen molar-refractivity contribution in [3.8, 4) is 0 Å². The maximum absolute atomic E-state index is 11.7. The van der Waals surface area contributed by atoms with Crippen LogP contribution in [0.2, 0.25) is 0 Å². The van der Waals surface area contributed by atoms with E-state index in [9.17, 15) is 9.59 Å². The first-order valence-electron chi connectivity index (χ1n) is 5.51. The number of amides is 2. The average molecular weight is 250 g/mol. The number of carbonyl (C=O) groups excluding carboxylic acids is 2. The first-order chi connectivity index (χ1) is 8.38. The fraction of sp³-hybridized carbons (Fsp3) is 0.333. The molecule has 1 aromatic carbocycles. The van der Waals surface area contributed by atoms with Crippen molar-refractivity contribution in [2.45, 2.75) is 6.92 Å². The molecule has 98 valence electrons. The molecule has 0 aliphatic carbocycles. The standard InChI is InChI=1S/C12H18N4O2/c1-8-5-9(13)3-4-10(8)15-12(18)7-16(2)6-11(14)17/h3-5H,6-7,13H2,1-2H3,(H2,14,17)(H,15,18). The second-order valence-electron chi connectivity index (χ2n) is 4.26. The number of likely N-dealkylation sites (N-methyl/N-ethyl adjacent to an activating group) is 1. The molecule has 0 spiro atoms. The Morgan fingerprint density at radius 2 is 2.00 bits per heavy atom. The number of primary amides is 1. The number of nitrogen functional groups attached to an aromatic ring is 1. The summed E-state index contributed by atoms with van der Waals surface area (Å²) in [5, 5.41) is 2.75. The van der Waals surface area contributed by atoms with E-state index in [1.165, 1.54) is 0 Å². The number of aryl methyl sites for hydroxylation is 1. The minimum atomic E-state index is -0.464. The van der Waals surface area contributed by atoms with Crippen LogP contribution in [0.3, 0.4) is 0 Å². The highest BCUT2D eigenvalue weighted by Crippen LogP contribution is 2.17. The highest BCUT2D eigenvalue weighted by Gasteiger charge is 2.09. The van der Waals surface area contributed by atoms with Crippen LogP contribution in [0.1, 0.15) is 5.56 Å². The molecule has 0 aromatic heterocycles. The summed E-state index contributed by atoms with van der Waals surface area (Å²) in [6, 6.07) is 5.25. The van der Waals surface area contributed by atoms with Crippen LogP contribution >= 0.6 is 0 Å². The second-order valence-corrected chi connectivity index (χ2v) is 4.26. The van der Waals surface area contributed by atoms with Crippen LogP contribution in [0.5, 0.6) is 0 Å². The number of hydrogen-bond acceptors (Lipinski definition) is 4. The summed E-state index contributed by atoms with van der Waals surface area (Å²) in [5.41, 5.74) is 12.9. The molecule has 6 nitrogen and oxygen atoms in total. The van der Waals surface area contributed by atoms with E-state index in [0.29, 0.717) is 11.4 Å². The molecular formula is C12H18N4O2. The van der Waals surface area contributed by atoms with E-state index < -0.39 is 5.91 Å². The quantitative estimate of drug-likeness (QED) is 0.637. The van der Waals surface area contributed by atoms with Crippen LogP contribution in [0.25, 0.3) is 0 Å². The Hall–Kier alpha value is -2.08. The number of anilines is 2. The monoisotopic (exact) mass is 250 g/mol. The van der Waals surface area contributed by atoms with E-state index in [0.717, 1.165) is 5.56 Å². The molecule has 0 heterocycles. The Morgan fingerprint density at radius 1 is 1.33 bits per heavy atom. The summed E-state index contributed by atoms with van der Waals surface area (Å²) in [5.74, 6) is -0.666. The lowest BCUT2D eigenvalue weighted by atomic mass is 10.2. The number of rotatable bonds is 5. The van der Waals surface area contributed by atoms with Gasteiger partial charge in [-0.3, -0.25) is 14.5 Å². The summed E-state index contributed by atoms with van der Waals surface area (Å²) in [6.45, 7) is 2.01. The van der Waals surface area contributed by atoms with E-state index in [4.69, 9.17) is 11.5 Å². The van der Waals surface area contributed by atoms with Crippen molar-refractivity contribution in [2.75, 3.05) is 31.2 Å². The maximum atomic E-state index is 11.7. The van der Waals surface area contributed by atoms with Crippen molar-refractivity contribution < 1.29 is 9.59 Å². The Labute approximate surface area is 106 Å². The number of hydrogen-bond donors (Lipinski definition) is 3. The van der Waals surface area contributed by atoms with E-state index in [1.807, 2.05) is 6.92 Å². The largest absolute Gasteiger partial charge is 0.399 e. The van der Waals surface area contributed by atoms with Crippen molar-refractivity contribution in [3.05, 3.63) is 23.8 Å². The third-order valence-corrected chi connectivity index (χ3v) is 2.36. The van der Waals surface area contributed by atoms with Crippen molar-refractivity contribution in [3.63, 3.8) is 0 Å². The number of nitrogens with two attached hydrogens (primary N) is 2. The zero-order valence-electron chi connectivity index (χ0n) is 10.6. The Morgan fingerprint density at radius 3 is 2.56 bits per heavy atom. The van der Waals surface area contributed by atoms with Crippen molar-refractivity contribution >= 4 is 23.2 Å². The molecule has 18 heavy (non-hydrogen) atoms. The molecule has 1 rings (SSSR count). The fourth-order valence-corrected chi connectivity index (χ4v) is 1.58. The summed E-state index contributed by atoms with van der Waals surface area (Å²) in [6.07, 6.45) is 0. The van der Waals surface area contributed by atoms with Crippen LogP contribution < -0.4 is 16.8 Å². The summed E-state index contributed by atoms with van der Waals surface area (Å²) < 4.78 is 0. The molecule has 0 aliphatic rings. The predicted octanol–water partition coefficient (Wildman–Crippen LogP) is -0.0672. The van der Waals surface area contributed by atoms with Gasteiger partial charge in [0, 0.05) is 11.4 Å². The minimum absolute atomic E-state index is 0.0497.